The van der Waals surface area contributed by atoms with Gasteiger partial charge in [-0.05, 0) is 56.7 Å². The Morgan fingerprint density at radius 1 is 1.19 bits per heavy atom. The average molecular weight is 623 g/mol. The number of carbonyl (C=O) groups excluding carboxylic acids is 3. The van der Waals surface area contributed by atoms with Crippen LogP contribution in [-0.2, 0) is 25.5 Å². The van der Waals surface area contributed by atoms with Crippen LogP contribution >= 0.6 is 23.4 Å². The lowest BCUT2D eigenvalue weighted by molar-refractivity contribution is -0.156. The van der Waals surface area contributed by atoms with Gasteiger partial charge in [0.15, 0.2) is 0 Å². The number of hydrogen-bond donors (Lipinski definition) is 1. The number of aliphatic hydroxyl groups is 1. The number of nitrogens with zero attached hydrogens (tertiary/aromatic N) is 2. The molecule has 3 heterocycles. The summed E-state index contributed by atoms with van der Waals surface area (Å²) in [5.41, 5.74) is 2.31. The number of aliphatic hydroxyl groups excluding tert-OH is 1. The van der Waals surface area contributed by atoms with Crippen molar-refractivity contribution in [1.29, 1.82) is 0 Å². The molecule has 6 atom stereocenters. The maximum absolute atomic E-state index is 15.0. The van der Waals surface area contributed by atoms with Crippen LogP contribution in [0.2, 0.25) is 5.02 Å². The predicted molar refractivity (Wildman–Crippen MR) is 171 cm³/mol. The third-order valence-corrected chi connectivity index (χ3v) is 11.5. The first-order valence-electron chi connectivity index (χ1n) is 14.8. The molecule has 0 saturated carbocycles. The third-order valence-electron chi connectivity index (χ3n) is 9.22. The molecule has 2 bridgehead atoms. The Morgan fingerprint density at radius 3 is 2.58 bits per heavy atom. The summed E-state index contributed by atoms with van der Waals surface area (Å²) < 4.78 is 4.24. The molecule has 2 unspecified atom stereocenters. The predicted octanol–water partition coefficient (Wildman–Crippen LogP) is 5.37. The number of aryl methyl sites for hydroxylation is 1. The zero-order valence-electron chi connectivity index (χ0n) is 24.7. The lowest BCUT2D eigenvalue weighted by atomic mass is 9.66. The summed E-state index contributed by atoms with van der Waals surface area (Å²) in [7, 11) is 0. The highest BCUT2D eigenvalue weighted by Gasteiger charge is 2.78. The minimum Gasteiger partial charge on any atom is -0.465 e. The van der Waals surface area contributed by atoms with Gasteiger partial charge in [0.1, 0.15) is 6.04 Å². The molecule has 2 amide bonds. The number of likely N-dealkylation sites (tertiary alicyclic amines) is 1. The van der Waals surface area contributed by atoms with Crippen molar-refractivity contribution in [3.05, 3.63) is 90.0 Å². The number of rotatable bonds is 12. The van der Waals surface area contributed by atoms with E-state index in [1.165, 1.54) is 0 Å². The molecule has 9 heteroatoms. The first-order chi connectivity index (χ1) is 20.6. The summed E-state index contributed by atoms with van der Waals surface area (Å²) in [6, 6.07) is 13.5. The number of ether oxygens (including phenoxy) is 1. The van der Waals surface area contributed by atoms with Crippen LogP contribution in [0.1, 0.15) is 37.3 Å². The number of hydrogen-bond acceptors (Lipinski definition) is 6. The van der Waals surface area contributed by atoms with E-state index in [2.05, 4.69) is 13.2 Å². The SMILES string of the molecule is C=CCCOC(=O)[C@H]1[C@H]2C(=O)N([C@@H](CO)Cc3ccccc3)C(C(=O)N(CC=C)c3c(C)cccc3Cl)C23CC[C@]1(C)S3. The first-order valence-corrected chi connectivity index (χ1v) is 15.9. The van der Waals surface area contributed by atoms with E-state index in [0.717, 1.165) is 11.1 Å². The lowest BCUT2D eigenvalue weighted by Crippen LogP contribution is -2.58. The molecule has 5 rings (SSSR count). The number of anilines is 1. The van der Waals surface area contributed by atoms with E-state index in [4.69, 9.17) is 16.3 Å². The van der Waals surface area contributed by atoms with Gasteiger partial charge in [-0.3, -0.25) is 14.4 Å². The van der Waals surface area contributed by atoms with Crippen LogP contribution in [-0.4, -0.2) is 69.1 Å². The Labute approximate surface area is 262 Å². The molecule has 0 aliphatic carbocycles. The van der Waals surface area contributed by atoms with E-state index in [0.29, 0.717) is 36.4 Å². The molecule has 3 aliphatic heterocycles. The van der Waals surface area contributed by atoms with Gasteiger partial charge in [0.2, 0.25) is 5.91 Å². The largest absolute Gasteiger partial charge is 0.465 e. The molecule has 2 aromatic rings. The smallest absolute Gasteiger partial charge is 0.311 e. The Kier molecular flexibility index (Phi) is 9.12. The van der Waals surface area contributed by atoms with Crippen LogP contribution in [0.3, 0.4) is 0 Å². The van der Waals surface area contributed by atoms with Crippen LogP contribution in [0.5, 0.6) is 0 Å². The number of thioether (sulfide) groups is 1. The fourth-order valence-electron chi connectivity index (χ4n) is 7.40. The highest BCUT2D eigenvalue weighted by Crippen LogP contribution is 2.72. The van der Waals surface area contributed by atoms with E-state index < -0.39 is 39.4 Å². The zero-order valence-corrected chi connectivity index (χ0v) is 26.3. The number of benzene rings is 2. The molecule has 2 aromatic carbocycles. The average Bonchev–Trinajstić information content (AvgIpc) is 3.56. The Morgan fingerprint density at radius 2 is 1.93 bits per heavy atom. The van der Waals surface area contributed by atoms with Crippen LogP contribution in [0.15, 0.2) is 73.8 Å². The van der Waals surface area contributed by atoms with Crippen molar-refractivity contribution in [1.82, 2.24) is 4.90 Å². The quantitative estimate of drug-likeness (QED) is 0.195. The maximum atomic E-state index is 15.0. The minimum absolute atomic E-state index is 0.181. The van der Waals surface area contributed by atoms with Crippen molar-refractivity contribution in [2.75, 3.05) is 24.7 Å². The topological polar surface area (TPSA) is 87.1 Å². The number of halogens is 1. The number of carbonyl (C=O) groups is 3. The van der Waals surface area contributed by atoms with Crippen LogP contribution in [0, 0.1) is 18.8 Å². The fraction of sp³-hybridized carbons (Fsp3) is 0.441. The molecule has 43 heavy (non-hydrogen) atoms. The number of amides is 2. The Balaban J connectivity index is 1.63. The monoisotopic (exact) mass is 622 g/mol. The van der Waals surface area contributed by atoms with Crippen molar-refractivity contribution in [2.45, 2.75) is 61.1 Å². The van der Waals surface area contributed by atoms with Gasteiger partial charge in [0.25, 0.3) is 5.91 Å². The molecule has 7 nitrogen and oxygen atoms in total. The van der Waals surface area contributed by atoms with Gasteiger partial charge in [-0.15, -0.1) is 24.9 Å². The summed E-state index contributed by atoms with van der Waals surface area (Å²) in [6.07, 6.45) is 5.44. The minimum atomic E-state index is -0.931. The van der Waals surface area contributed by atoms with Gasteiger partial charge in [0.05, 0.1) is 46.5 Å². The zero-order chi connectivity index (χ0) is 30.9. The van der Waals surface area contributed by atoms with Crippen molar-refractivity contribution >= 4 is 46.8 Å². The van der Waals surface area contributed by atoms with E-state index >= 15 is 0 Å². The molecule has 1 spiro atoms. The lowest BCUT2D eigenvalue weighted by Gasteiger charge is -2.40. The van der Waals surface area contributed by atoms with Gasteiger partial charge in [-0.2, -0.15) is 0 Å². The van der Waals surface area contributed by atoms with Gasteiger partial charge in [-0.1, -0.05) is 66.2 Å². The van der Waals surface area contributed by atoms with Crippen LogP contribution in [0.25, 0.3) is 0 Å². The van der Waals surface area contributed by atoms with Gasteiger partial charge >= 0.3 is 5.97 Å². The molecule has 0 radical (unpaired) electrons. The van der Waals surface area contributed by atoms with E-state index in [1.54, 1.807) is 39.8 Å². The van der Waals surface area contributed by atoms with E-state index in [1.807, 2.05) is 56.3 Å². The molecule has 1 N–H and O–H groups in total. The first kappa shape index (κ1) is 31.4. The summed E-state index contributed by atoms with van der Waals surface area (Å²) in [5, 5.41) is 11.2. The molecular formula is C34H39ClN2O5S. The molecule has 3 fully saturated rings. The Hall–Kier alpha value is -3.07. The molecule has 228 valence electrons. The summed E-state index contributed by atoms with van der Waals surface area (Å²) in [5.74, 6) is -2.47. The summed E-state index contributed by atoms with van der Waals surface area (Å²) in [4.78, 5) is 46.5. The second kappa shape index (κ2) is 12.5. The molecular weight excluding hydrogens is 584 g/mol. The molecule has 3 saturated heterocycles. The van der Waals surface area contributed by atoms with Crippen molar-refractivity contribution in [3.63, 3.8) is 0 Å². The second-order valence-electron chi connectivity index (χ2n) is 11.9. The third kappa shape index (κ3) is 5.32. The summed E-state index contributed by atoms with van der Waals surface area (Å²) in [6.45, 7) is 11.5. The number of para-hydroxylation sites is 1. The standard InChI is InChI=1S/C34H39ClN2O5S/c1-5-7-19-42-32(41)27-26-30(39)37(24(21-38)20-23-13-9-8-10-14-23)29(34(26)17-16-33(27,4)43-34)31(40)36(18-6-2)28-22(3)12-11-15-25(28)35/h5-6,8-15,24,26-27,29,38H,1-2,7,16-21H2,3-4H3/t24-,26+,27-,29?,33+,34?/m1/s1. The Bertz CT molecular complexity index is 1400. The maximum Gasteiger partial charge on any atom is 0.311 e. The summed E-state index contributed by atoms with van der Waals surface area (Å²) >= 11 is 8.26. The van der Waals surface area contributed by atoms with Crippen molar-refractivity contribution < 1.29 is 24.2 Å². The number of fused-ring (bicyclic) bond motifs is 1. The van der Waals surface area contributed by atoms with Gasteiger partial charge in [0, 0.05) is 11.3 Å². The van der Waals surface area contributed by atoms with Gasteiger partial charge < -0.3 is 19.6 Å². The van der Waals surface area contributed by atoms with Crippen molar-refractivity contribution in [2.24, 2.45) is 11.8 Å². The molecule has 0 aromatic heterocycles. The van der Waals surface area contributed by atoms with E-state index in [-0.39, 0.29) is 31.6 Å². The van der Waals surface area contributed by atoms with Crippen LogP contribution < -0.4 is 4.90 Å². The van der Waals surface area contributed by atoms with E-state index in [9.17, 15) is 19.5 Å². The fourth-order valence-corrected chi connectivity index (χ4v) is 10.0. The number of esters is 1. The van der Waals surface area contributed by atoms with Gasteiger partial charge in [-0.25, -0.2) is 0 Å². The second-order valence-corrected chi connectivity index (χ2v) is 14.2. The van der Waals surface area contributed by atoms with Crippen molar-refractivity contribution in [3.8, 4) is 0 Å². The highest BCUT2D eigenvalue weighted by atomic mass is 35.5. The van der Waals surface area contributed by atoms with Crippen LogP contribution in [0.4, 0.5) is 5.69 Å². The normalized spacial score (nSPS) is 28.0. The highest BCUT2D eigenvalue weighted by molar-refractivity contribution is 8.02. The molecule has 3 aliphatic rings.